The normalized spacial score (nSPS) is 18.9. The maximum atomic E-state index is 12.9. The topological polar surface area (TPSA) is 30.5 Å². The summed E-state index contributed by atoms with van der Waals surface area (Å²) in [4.78, 5) is 0. The van der Waals surface area contributed by atoms with Gasteiger partial charge in [-0.2, -0.15) is 0 Å². The second-order valence-electron chi connectivity index (χ2n) is 3.45. The molecule has 0 saturated heterocycles. The maximum Gasteiger partial charge on any atom is 0.164 e. The molecule has 0 bridgehead atoms. The fourth-order valence-corrected chi connectivity index (χ4v) is 1.50. The number of rotatable bonds is 3. The third kappa shape index (κ3) is 2.39. The van der Waals surface area contributed by atoms with E-state index in [4.69, 9.17) is 9.47 Å². The van der Waals surface area contributed by atoms with Crippen LogP contribution in [0, 0.1) is 5.82 Å². The zero-order valence-electron chi connectivity index (χ0n) is 8.63. The molecule has 1 heterocycles. The van der Waals surface area contributed by atoms with Crippen molar-refractivity contribution in [2.45, 2.75) is 13.0 Å². The Kier molecular flexibility index (Phi) is 3.06. The lowest BCUT2D eigenvalue weighted by Crippen LogP contribution is -2.38. The van der Waals surface area contributed by atoms with E-state index in [1.807, 2.05) is 6.92 Å². The summed E-state index contributed by atoms with van der Waals surface area (Å²) in [6.45, 7) is 4.13. The molecule has 1 atom stereocenters. The Labute approximate surface area is 88.2 Å². The Morgan fingerprint density at radius 1 is 1.47 bits per heavy atom. The van der Waals surface area contributed by atoms with Crippen LogP contribution >= 0.6 is 0 Å². The van der Waals surface area contributed by atoms with Gasteiger partial charge < -0.3 is 14.8 Å². The molecule has 0 saturated carbocycles. The van der Waals surface area contributed by atoms with Crippen LogP contribution in [0.3, 0.4) is 0 Å². The quantitative estimate of drug-likeness (QED) is 0.823. The molecule has 1 N–H and O–H groups in total. The molecule has 82 valence electrons. The van der Waals surface area contributed by atoms with E-state index in [0.29, 0.717) is 24.7 Å². The monoisotopic (exact) mass is 211 g/mol. The zero-order chi connectivity index (χ0) is 10.7. The second kappa shape index (κ2) is 4.49. The van der Waals surface area contributed by atoms with Crippen molar-refractivity contribution in [1.29, 1.82) is 0 Å². The molecule has 0 amide bonds. The van der Waals surface area contributed by atoms with Crippen molar-refractivity contribution in [3.05, 3.63) is 24.0 Å². The largest absolute Gasteiger partial charge is 0.486 e. The van der Waals surface area contributed by atoms with Crippen LogP contribution in [0.4, 0.5) is 4.39 Å². The van der Waals surface area contributed by atoms with E-state index in [1.54, 1.807) is 6.07 Å². The molecule has 0 aliphatic carbocycles. The van der Waals surface area contributed by atoms with Crippen molar-refractivity contribution in [2.24, 2.45) is 0 Å². The smallest absolute Gasteiger partial charge is 0.164 e. The molecule has 3 nitrogen and oxygen atoms in total. The predicted octanol–water partition coefficient (Wildman–Crippen LogP) is 1.57. The first kappa shape index (κ1) is 10.2. The third-order valence-electron chi connectivity index (χ3n) is 2.25. The lowest BCUT2D eigenvalue weighted by molar-refractivity contribution is 0.0903. The molecule has 0 spiro atoms. The van der Waals surface area contributed by atoms with Gasteiger partial charge in [0, 0.05) is 12.6 Å². The first-order valence-electron chi connectivity index (χ1n) is 5.09. The number of hydrogen-bond donors (Lipinski definition) is 1. The van der Waals surface area contributed by atoms with Crippen LogP contribution in [0.25, 0.3) is 0 Å². The summed E-state index contributed by atoms with van der Waals surface area (Å²) < 4.78 is 24.0. The SMILES string of the molecule is CCNCC1COc2ccc(F)cc2O1. The molecule has 1 unspecified atom stereocenters. The lowest BCUT2D eigenvalue weighted by Gasteiger charge is -2.26. The molecular weight excluding hydrogens is 197 g/mol. The molecular formula is C11H14FNO2. The minimum absolute atomic E-state index is 0.0424. The third-order valence-corrected chi connectivity index (χ3v) is 2.25. The van der Waals surface area contributed by atoms with Crippen LogP contribution in [-0.4, -0.2) is 25.8 Å². The number of hydrogen-bond acceptors (Lipinski definition) is 3. The number of benzene rings is 1. The molecule has 4 heteroatoms. The minimum Gasteiger partial charge on any atom is -0.486 e. The van der Waals surface area contributed by atoms with E-state index >= 15 is 0 Å². The van der Waals surface area contributed by atoms with Gasteiger partial charge in [-0.1, -0.05) is 6.92 Å². The Balaban J connectivity index is 2.05. The van der Waals surface area contributed by atoms with Gasteiger partial charge in [0.15, 0.2) is 11.5 Å². The van der Waals surface area contributed by atoms with Crippen LogP contribution < -0.4 is 14.8 Å². The highest BCUT2D eigenvalue weighted by Gasteiger charge is 2.20. The predicted molar refractivity (Wildman–Crippen MR) is 54.9 cm³/mol. The molecule has 0 aromatic heterocycles. The van der Waals surface area contributed by atoms with Crippen molar-refractivity contribution in [1.82, 2.24) is 5.32 Å². The molecule has 1 aliphatic rings. The van der Waals surface area contributed by atoms with E-state index in [-0.39, 0.29) is 11.9 Å². The highest BCUT2D eigenvalue weighted by Crippen LogP contribution is 2.31. The highest BCUT2D eigenvalue weighted by atomic mass is 19.1. The Morgan fingerprint density at radius 3 is 3.13 bits per heavy atom. The minimum atomic E-state index is -0.304. The number of nitrogens with one attached hydrogen (secondary N) is 1. The van der Waals surface area contributed by atoms with Gasteiger partial charge in [-0.3, -0.25) is 0 Å². The van der Waals surface area contributed by atoms with Gasteiger partial charge in [-0.05, 0) is 18.7 Å². The summed E-state index contributed by atoms with van der Waals surface area (Å²) in [5.74, 6) is 0.801. The van der Waals surface area contributed by atoms with Crippen molar-refractivity contribution in [3.8, 4) is 11.5 Å². The van der Waals surface area contributed by atoms with Gasteiger partial charge in [-0.25, -0.2) is 4.39 Å². The fraction of sp³-hybridized carbons (Fsp3) is 0.455. The number of fused-ring (bicyclic) bond motifs is 1. The molecule has 0 radical (unpaired) electrons. The van der Waals surface area contributed by atoms with E-state index in [1.165, 1.54) is 12.1 Å². The van der Waals surface area contributed by atoms with E-state index < -0.39 is 0 Å². The Morgan fingerprint density at radius 2 is 2.33 bits per heavy atom. The van der Waals surface area contributed by atoms with Gasteiger partial charge in [-0.15, -0.1) is 0 Å². The lowest BCUT2D eigenvalue weighted by atomic mass is 10.2. The number of ether oxygens (including phenoxy) is 2. The van der Waals surface area contributed by atoms with Crippen LogP contribution in [0.2, 0.25) is 0 Å². The summed E-state index contributed by atoms with van der Waals surface area (Å²) >= 11 is 0. The Bertz CT molecular complexity index is 343. The summed E-state index contributed by atoms with van der Waals surface area (Å²) in [5, 5.41) is 3.16. The van der Waals surface area contributed by atoms with Crippen molar-refractivity contribution in [2.75, 3.05) is 19.7 Å². The summed E-state index contributed by atoms with van der Waals surface area (Å²) in [5.41, 5.74) is 0. The molecule has 2 rings (SSSR count). The fourth-order valence-electron chi connectivity index (χ4n) is 1.50. The second-order valence-corrected chi connectivity index (χ2v) is 3.45. The van der Waals surface area contributed by atoms with Gasteiger partial charge in [0.05, 0.1) is 0 Å². The molecule has 1 aromatic carbocycles. The van der Waals surface area contributed by atoms with E-state index in [2.05, 4.69) is 5.32 Å². The van der Waals surface area contributed by atoms with Crippen LogP contribution in [0.5, 0.6) is 11.5 Å². The first-order valence-corrected chi connectivity index (χ1v) is 5.09. The van der Waals surface area contributed by atoms with E-state index in [9.17, 15) is 4.39 Å². The number of halogens is 1. The number of likely N-dealkylation sites (N-methyl/N-ethyl adjacent to an activating group) is 1. The standard InChI is InChI=1S/C11H14FNO2/c1-2-13-6-9-7-14-10-4-3-8(12)5-11(10)15-9/h3-5,9,13H,2,6-7H2,1H3. The molecule has 1 aromatic rings. The van der Waals surface area contributed by atoms with Crippen molar-refractivity contribution in [3.63, 3.8) is 0 Å². The van der Waals surface area contributed by atoms with Crippen LogP contribution in [-0.2, 0) is 0 Å². The molecule has 15 heavy (non-hydrogen) atoms. The molecule has 0 fully saturated rings. The summed E-state index contributed by atoms with van der Waals surface area (Å²) in [7, 11) is 0. The van der Waals surface area contributed by atoms with Gasteiger partial charge in [0.1, 0.15) is 18.5 Å². The molecule has 1 aliphatic heterocycles. The highest BCUT2D eigenvalue weighted by molar-refractivity contribution is 5.41. The Hall–Kier alpha value is -1.29. The van der Waals surface area contributed by atoms with Crippen molar-refractivity contribution >= 4 is 0 Å². The van der Waals surface area contributed by atoms with Gasteiger partial charge in [0.25, 0.3) is 0 Å². The zero-order valence-corrected chi connectivity index (χ0v) is 8.63. The van der Waals surface area contributed by atoms with Gasteiger partial charge >= 0.3 is 0 Å². The van der Waals surface area contributed by atoms with E-state index in [0.717, 1.165) is 6.54 Å². The maximum absolute atomic E-state index is 12.9. The van der Waals surface area contributed by atoms with Crippen molar-refractivity contribution < 1.29 is 13.9 Å². The van der Waals surface area contributed by atoms with Gasteiger partial charge in [0.2, 0.25) is 0 Å². The summed E-state index contributed by atoms with van der Waals surface area (Å²) in [6.07, 6.45) is -0.0424. The first-order chi connectivity index (χ1) is 7.29. The van der Waals surface area contributed by atoms with Crippen LogP contribution in [0.15, 0.2) is 18.2 Å². The average Bonchev–Trinajstić information content (AvgIpc) is 2.25. The summed E-state index contributed by atoms with van der Waals surface area (Å²) in [6, 6.07) is 4.31. The van der Waals surface area contributed by atoms with Crippen LogP contribution in [0.1, 0.15) is 6.92 Å². The average molecular weight is 211 g/mol.